The molecule has 4 aromatic rings. The second kappa shape index (κ2) is 13.0. The largest absolute Gasteiger partial charge is 0.493 e. The molecule has 5 nitrogen and oxygen atoms in total. The Labute approximate surface area is 230 Å². The van der Waals surface area contributed by atoms with Crippen molar-refractivity contribution in [1.29, 1.82) is 0 Å². The fourth-order valence-corrected chi connectivity index (χ4v) is 4.51. The first-order valence-corrected chi connectivity index (χ1v) is 12.5. The Morgan fingerprint density at radius 3 is 1.84 bits per heavy atom. The monoisotopic (exact) mass is 529 g/mol. The van der Waals surface area contributed by atoms with Crippen molar-refractivity contribution in [2.24, 2.45) is 4.99 Å². The molecule has 0 unspecified atom stereocenters. The first-order valence-electron chi connectivity index (χ1n) is 12.5. The summed E-state index contributed by atoms with van der Waals surface area (Å²) < 4.78 is 23.5. The van der Waals surface area contributed by atoms with Crippen LogP contribution in [0, 0.1) is 0 Å². The molecular formula is C32H32ClNO4. The molecule has 0 N–H and O–H groups in total. The molecule has 5 rings (SSSR count). The second-order valence-electron chi connectivity index (χ2n) is 8.95. The highest BCUT2D eigenvalue weighted by Crippen LogP contribution is 2.35. The van der Waals surface area contributed by atoms with Gasteiger partial charge in [-0.2, -0.15) is 0 Å². The fourth-order valence-electron chi connectivity index (χ4n) is 4.51. The number of fused-ring (bicyclic) bond motifs is 1. The summed E-state index contributed by atoms with van der Waals surface area (Å²) in [6.07, 6.45) is 1.56. The van der Waals surface area contributed by atoms with E-state index in [0.717, 1.165) is 52.4 Å². The molecule has 1 heterocycles. The number of nitrogens with zero attached hydrogens (tertiary/aromatic N) is 1. The van der Waals surface area contributed by atoms with Crippen molar-refractivity contribution in [2.45, 2.75) is 26.1 Å². The van der Waals surface area contributed by atoms with E-state index in [-0.39, 0.29) is 12.4 Å². The van der Waals surface area contributed by atoms with Crippen LogP contribution in [-0.4, -0.2) is 26.5 Å². The molecule has 0 atom stereocenters. The van der Waals surface area contributed by atoms with E-state index in [1.807, 2.05) is 48.5 Å². The Hall–Kier alpha value is -3.96. The SMILES string of the molecule is COc1ccc(CC2=NCCc3cc(OCc4ccccc4)c(OC)cc32)cc1OCc1ccccc1.Cl. The maximum atomic E-state index is 6.14. The van der Waals surface area contributed by atoms with Gasteiger partial charge in [0.1, 0.15) is 13.2 Å². The van der Waals surface area contributed by atoms with E-state index in [0.29, 0.717) is 31.1 Å². The maximum absolute atomic E-state index is 6.14. The number of halogens is 1. The van der Waals surface area contributed by atoms with Crippen LogP contribution in [0.4, 0.5) is 0 Å². The minimum atomic E-state index is 0. The van der Waals surface area contributed by atoms with Gasteiger partial charge in [-0.3, -0.25) is 4.99 Å². The van der Waals surface area contributed by atoms with E-state index >= 15 is 0 Å². The first kappa shape index (κ1) is 27.1. The molecular weight excluding hydrogens is 498 g/mol. The van der Waals surface area contributed by atoms with Crippen LogP contribution in [0.3, 0.4) is 0 Å². The van der Waals surface area contributed by atoms with Gasteiger partial charge in [-0.05, 0) is 52.9 Å². The number of ether oxygens (including phenoxy) is 4. The number of methoxy groups -OCH3 is 2. The van der Waals surface area contributed by atoms with E-state index in [4.69, 9.17) is 23.9 Å². The predicted octanol–water partition coefficient (Wildman–Crippen LogP) is 6.87. The van der Waals surface area contributed by atoms with Crippen molar-refractivity contribution < 1.29 is 18.9 Å². The molecule has 0 radical (unpaired) electrons. The van der Waals surface area contributed by atoms with Crippen LogP contribution in [-0.2, 0) is 26.1 Å². The van der Waals surface area contributed by atoms with Crippen LogP contribution in [0.25, 0.3) is 0 Å². The van der Waals surface area contributed by atoms with Crippen LogP contribution in [0.1, 0.15) is 27.8 Å². The van der Waals surface area contributed by atoms with E-state index in [1.165, 1.54) is 5.56 Å². The summed E-state index contributed by atoms with van der Waals surface area (Å²) in [5.41, 5.74) is 6.71. The molecule has 6 heteroatoms. The summed E-state index contributed by atoms with van der Waals surface area (Å²) >= 11 is 0. The number of hydrogen-bond acceptors (Lipinski definition) is 5. The molecule has 196 valence electrons. The summed E-state index contributed by atoms with van der Waals surface area (Å²) in [6.45, 7) is 1.72. The Morgan fingerprint density at radius 1 is 0.632 bits per heavy atom. The highest BCUT2D eigenvalue weighted by Gasteiger charge is 2.20. The second-order valence-corrected chi connectivity index (χ2v) is 8.95. The van der Waals surface area contributed by atoms with Gasteiger partial charge in [0.25, 0.3) is 0 Å². The van der Waals surface area contributed by atoms with Crippen molar-refractivity contribution in [2.75, 3.05) is 20.8 Å². The smallest absolute Gasteiger partial charge is 0.161 e. The lowest BCUT2D eigenvalue weighted by molar-refractivity contribution is 0.284. The quantitative estimate of drug-likeness (QED) is 0.225. The number of rotatable bonds is 10. The average molecular weight is 530 g/mol. The molecule has 0 spiro atoms. The van der Waals surface area contributed by atoms with Gasteiger partial charge in [-0.15, -0.1) is 12.4 Å². The van der Waals surface area contributed by atoms with E-state index in [1.54, 1.807) is 14.2 Å². The lowest BCUT2D eigenvalue weighted by atomic mass is 9.93. The zero-order valence-corrected chi connectivity index (χ0v) is 22.5. The summed E-state index contributed by atoms with van der Waals surface area (Å²) in [4.78, 5) is 4.88. The van der Waals surface area contributed by atoms with Crippen LogP contribution in [0.2, 0.25) is 0 Å². The first-order chi connectivity index (χ1) is 18.2. The zero-order valence-electron chi connectivity index (χ0n) is 21.7. The van der Waals surface area contributed by atoms with Gasteiger partial charge in [-0.1, -0.05) is 66.7 Å². The van der Waals surface area contributed by atoms with Crippen molar-refractivity contribution >= 4 is 18.1 Å². The molecule has 0 aromatic heterocycles. The van der Waals surface area contributed by atoms with Crippen LogP contribution >= 0.6 is 12.4 Å². The molecule has 4 aromatic carbocycles. The third-order valence-electron chi connectivity index (χ3n) is 6.46. The van der Waals surface area contributed by atoms with Crippen molar-refractivity contribution in [3.63, 3.8) is 0 Å². The van der Waals surface area contributed by atoms with Crippen molar-refractivity contribution in [3.05, 3.63) is 119 Å². The lowest BCUT2D eigenvalue weighted by Crippen LogP contribution is -2.16. The van der Waals surface area contributed by atoms with Crippen molar-refractivity contribution in [1.82, 2.24) is 0 Å². The molecule has 38 heavy (non-hydrogen) atoms. The Kier molecular flexibility index (Phi) is 9.28. The van der Waals surface area contributed by atoms with E-state index in [9.17, 15) is 0 Å². The summed E-state index contributed by atoms with van der Waals surface area (Å²) in [5.74, 6) is 2.91. The molecule has 0 bridgehead atoms. The topological polar surface area (TPSA) is 49.3 Å². The van der Waals surface area contributed by atoms with Crippen LogP contribution in [0.5, 0.6) is 23.0 Å². The van der Waals surface area contributed by atoms with Gasteiger partial charge in [-0.25, -0.2) is 0 Å². The van der Waals surface area contributed by atoms with Crippen molar-refractivity contribution in [3.8, 4) is 23.0 Å². The summed E-state index contributed by atoms with van der Waals surface area (Å²) in [5, 5.41) is 0. The molecule has 0 amide bonds. The maximum Gasteiger partial charge on any atom is 0.161 e. The number of benzene rings is 4. The number of hydrogen-bond donors (Lipinski definition) is 0. The Morgan fingerprint density at radius 2 is 1.24 bits per heavy atom. The molecule has 0 fully saturated rings. The molecule has 1 aliphatic heterocycles. The predicted molar refractivity (Wildman–Crippen MR) is 154 cm³/mol. The highest BCUT2D eigenvalue weighted by molar-refractivity contribution is 6.04. The molecule has 0 aliphatic carbocycles. The van der Waals surface area contributed by atoms with Gasteiger partial charge in [0.05, 0.1) is 14.2 Å². The van der Waals surface area contributed by atoms with Gasteiger partial charge in [0.2, 0.25) is 0 Å². The Balaban J connectivity index is 0.00000336. The lowest BCUT2D eigenvalue weighted by Gasteiger charge is -2.21. The van der Waals surface area contributed by atoms with Crippen LogP contribution in [0.15, 0.2) is 96.0 Å². The third kappa shape index (κ3) is 6.48. The zero-order chi connectivity index (χ0) is 25.5. The van der Waals surface area contributed by atoms with E-state index < -0.39 is 0 Å². The standard InChI is InChI=1S/C32H31NO4.ClH/c1-34-29-14-13-25(18-31(29)36-21-23-9-5-3-6-10-23)17-28-27-20-30(35-2)32(19-26(27)15-16-33-28)37-22-24-11-7-4-8-12-24;/h3-14,18-20H,15-17,21-22H2,1-2H3;1H. The van der Waals surface area contributed by atoms with Gasteiger partial charge in [0.15, 0.2) is 23.0 Å². The normalized spacial score (nSPS) is 12.0. The van der Waals surface area contributed by atoms with Crippen LogP contribution < -0.4 is 18.9 Å². The third-order valence-corrected chi connectivity index (χ3v) is 6.46. The Bertz CT molecular complexity index is 1370. The number of aliphatic imine (C=N–C) groups is 1. The summed E-state index contributed by atoms with van der Waals surface area (Å²) in [6, 6.07) is 30.5. The average Bonchev–Trinajstić information content (AvgIpc) is 2.96. The van der Waals surface area contributed by atoms with Gasteiger partial charge < -0.3 is 18.9 Å². The fraction of sp³-hybridized carbons (Fsp3) is 0.219. The van der Waals surface area contributed by atoms with E-state index in [2.05, 4.69) is 42.5 Å². The van der Waals surface area contributed by atoms with Gasteiger partial charge >= 0.3 is 0 Å². The molecule has 0 saturated heterocycles. The molecule has 0 saturated carbocycles. The minimum Gasteiger partial charge on any atom is -0.493 e. The highest BCUT2D eigenvalue weighted by atomic mass is 35.5. The summed E-state index contributed by atoms with van der Waals surface area (Å²) in [7, 11) is 3.34. The molecule has 1 aliphatic rings. The minimum absolute atomic E-state index is 0. The van der Waals surface area contributed by atoms with Gasteiger partial charge in [0, 0.05) is 24.2 Å².